The molecule has 0 rings (SSSR count). The summed E-state index contributed by atoms with van der Waals surface area (Å²) in [6, 6.07) is 0. The molecule has 0 aromatic carbocycles. The normalized spacial score (nSPS) is 12.8. The molecule has 30 heteroatoms. The zero-order chi connectivity index (χ0) is 96.9. The Bertz CT molecular complexity index is 2300. The number of rotatable bonds is 82. The van der Waals surface area contributed by atoms with Crippen LogP contribution in [-0.4, -0.2) is 336 Å². The third-order valence-corrected chi connectivity index (χ3v) is 17.1. The summed E-state index contributed by atoms with van der Waals surface area (Å²) >= 11 is 0. The van der Waals surface area contributed by atoms with E-state index in [2.05, 4.69) is 188 Å². The molecule has 0 aliphatic rings. The smallest absolute Gasteiger partial charge is 0.305 e. The molecule has 0 spiro atoms. The number of unbranched alkanes of at least 4 members (excludes halogenated alkanes) is 3. The maximum absolute atomic E-state index is 11.7. The highest BCUT2D eigenvalue weighted by atomic mass is 16.6. The molecule has 30 nitrogen and oxygen atoms in total. The van der Waals surface area contributed by atoms with Gasteiger partial charge in [0.1, 0.15) is 0 Å². The number of esters is 4. The molecule has 2 unspecified atom stereocenters. The van der Waals surface area contributed by atoms with Gasteiger partial charge in [-0.1, -0.05) is 166 Å². The Labute approximate surface area is 782 Å². The summed E-state index contributed by atoms with van der Waals surface area (Å²) in [5.41, 5.74) is 1.24. The molecule has 0 heterocycles. The van der Waals surface area contributed by atoms with Crippen molar-refractivity contribution in [3.63, 3.8) is 0 Å². The molecule has 0 radical (unpaired) electrons. The van der Waals surface area contributed by atoms with Crippen LogP contribution in [0.3, 0.4) is 0 Å². The van der Waals surface area contributed by atoms with Gasteiger partial charge in [-0.3, -0.25) is 19.2 Å². The molecule has 0 aliphatic carbocycles. The van der Waals surface area contributed by atoms with E-state index >= 15 is 0 Å². The molecule has 0 aromatic heterocycles. The summed E-state index contributed by atoms with van der Waals surface area (Å²) in [5.74, 6) is -0.426. The van der Waals surface area contributed by atoms with Gasteiger partial charge in [0.05, 0.1) is 184 Å². The highest BCUT2D eigenvalue weighted by Crippen LogP contribution is 2.22. The maximum atomic E-state index is 11.7. The third-order valence-electron chi connectivity index (χ3n) is 17.1. The second kappa shape index (κ2) is 86.8. The second-order valence-corrected chi connectivity index (χ2v) is 42.5. The molecule has 128 heavy (non-hydrogen) atoms. The monoisotopic (exact) mass is 1850 g/mol. The summed E-state index contributed by atoms with van der Waals surface area (Å²) < 4.78 is 87.5. The SMILES string of the molecule is CC(C)(C)CCCOC(=O)CCCCNCCOCCOCCNCCCCC(=O)OCCC(C)(C)C.CC(C)(C)COC(=O)CCCCNCCOCCOCCNCCCC(=O)OCC(C)(C)C.CC(C)(C)COCC(O)CNCCOCCOCCNCC(O)COCC(C)(C)C.CC(C)(C)COCCCNCCOCCOCCNCCCOCC(C)(C)C. The van der Waals surface area contributed by atoms with E-state index < -0.39 is 12.2 Å². The summed E-state index contributed by atoms with van der Waals surface area (Å²) in [7, 11) is 0. The molecule has 0 aliphatic heterocycles. The van der Waals surface area contributed by atoms with Crippen LogP contribution in [0, 0.1) is 43.3 Å². The summed E-state index contributed by atoms with van der Waals surface area (Å²) in [4.78, 5) is 46.6. The van der Waals surface area contributed by atoms with Gasteiger partial charge in [-0.25, -0.2) is 0 Å². The fourth-order valence-electron chi connectivity index (χ4n) is 10.3. The average Bonchev–Trinajstić information content (AvgIpc) is 0.970. The summed E-state index contributed by atoms with van der Waals surface area (Å²) in [6.45, 7) is 80.6. The number of aliphatic hydroxyl groups is 2. The van der Waals surface area contributed by atoms with Crippen LogP contribution >= 0.6 is 0 Å². The van der Waals surface area contributed by atoms with Gasteiger partial charge in [-0.2, -0.15) is 0 Å². The molecule has 0 aromatic rings. The Morgan fingerprint density at radius 2 is 0.438 bits per heavy atom. The Kier molecular flexibility index (Phi) is 89.0. The van der Waals surface area contributed by atoms with Gasteiger partial charge in [-0.15, -0.1) is 0 Å². The van der Waals surface area contributed by atoms with Gasteiger partial charge in [0, 0.05) is 104 Å². The number of aliphatic hydroxyl groups excluding tert-OH is 2. The van der Waals surface area contributed by atoms with Gasteiger partial charge < -0.3 is 129 Å². The van der Waals surface area contributed by atoms with Crippen molar-refractivity contribution in [3.8, 4) is 0 Å². The minimum atomic E-state index is -0.508. The van der Waals surface area contributed by atoms with Crippen molar-refractivity contribution in [2.24, 2.45) is 43.3 Å². The second-order valence-electron chi connectivity index (χ2n) is 42.5. The van der Waals surface area contributed by atoms with Crippen molar-refractivity contribution < 1.29 is 105 Å². The predicted molar refractivity (Wildman–Crippen MR) is 518 cm³/mol. The molecule has 0 bridgehead atoms. The van der Waals surface area contributed by atoms with Crippen molar-refractivity contribution in [2.45, 2.75) is 281 Å². The number of carbonyl (C=O) groups is 4. The molecular weight excluding hydrogens is 1640 g/mol. The van der Waals surface area contributed by atoms with E-state index in [1.807, 2.05) is 20.8 Å². The standard InChI is InChI=1S/C29H58N2O6.C25H50N2O6.C22H48N2O6.C22H48N2O4/c1-28(2,3)14-11-20-36-26(32)12-7-9-16-30-18-22-34-24-25-35-23-19-31-17-10-8-13-27(33)37-21-15-29(4,5)6;1-24(2,3)20-32-22(28)10-7-8-12-26-14-16-30-18-19-31-17-15-27-13-9-11-23(29)33-21-25(4,5)6;1-21(2,3)17-29-15-19(25)13-23-7-9-27-11-12-28-10-8-24-14-20(26)16-30-18-22(4,5)6;1-21(2,3)19-27-13-7-9-23-11-15-25-17-18-26-16-12-24-10-8-14-28-20-22(4,5)6/h30-31H,7-25H2,1-6H3;26-27H,7-21H2,1-6H3;19-20,23-26H,7-18H2,1-6H3;23-24H,7-20H2,1-6H3. The minimum Gasteiger partial charge on any atom is -0.466 e. The van der Waals surface area contributed by atoms with E-state index in [4.69, 9.17) is 75.8 Å². The predicted octanol–water partition coefficient (Wildman–Crippen LogP) is 12.4. The van der Waals surface area contributed by atoms with Crippen molar-refractivity contribution in [2.75, 3.05) is 290 Å². The fraction of sp³-hybridized carbons (Fsp3) is 0.959. The molecule has 0 saturated heterocycles. The van der Waals surface area contributed by atoms with Crippen LogP contribution in [0.2, 0.25) is 0 Å². The van der Waals surface area contributed by atoms with E-state index in [0.29, 0.717) is 203 Å². The topological polar surface area (TPSA) is 353 Å². The van der Waals surface area contributed by atoms with Crippen molar-refractivity contribution in [3.05, 3.63) is 0 Å². The zero-order valence-electron chi connectivity index (χ0n) is 86.6. The number of carbonyl (C=O) groups excluding carboxylic acids is 4. The quantitative estimate of drug-likeness (QED) is 0.0154. The number of hydrogen-bond donors (Lipinski definition) is 10. The molecule has 0 saturated carbocycles. The first-order chi connectivity index (χ1) is 60.2. The largest absolute Gasteiger partial charge is 0.466 e. The third kappa shape index (κ3) is 129. The van der Waals surface area contributed by atoms with Crippen LogP contribution in [0.25, 0.3) is 0 Å². The van der Waals surface area contributed by atoms with Crippen LogP contribution < -0.4 is 42.5 Å². The number of ether oxygens (including phenoxy) is 16. The van der Waals surface area contributed by atoms with Gasteiger partial charge in [0.2, 0.25) is 0 Å². The van der Waals surface area contributed by atoms with E-state index in [0.717, 1.165) is 195 Å². The number of hydrogen-bond acceptors (Lipinski definition) is 30. The van der Waals surface area contributed by atoms with E-state index in [9.17, 15) is 29.4 Å². The van der Waals surface area contributed by atoms with Gasteiger partial charge in [0.25, 0.3) is 0 Å². The van der Waals surface area contributed by atoms with Crippen LogP contribution in [0.1, 0.15) is 269 Å². The lowest BCUT2D eigenvalue weighted by Crippen LogP contribution is -2.33. The lowest BCUT2D eigenvalue weighted by molar-refractivity contribution is -0.147. The highest BCUT2D eigenvalue weighted by Gasteiger charge is 2.19. The highest BCUT2D eigenvalue weighted by molar-refractivity contribution is 5.70. The van der Waals surface area contributed by atoms with Crippen molar-refractivity contribution >= 4 is 23.9 Å². The van der Waals surface area contributed by atoms with Crippen LogP contribution in [-0.2, 0) is 95.0 Å². The number of nitrogens with one attached hydrogen (secondary N) is 8. The van der Waals surface area contributed by atoms with E-state index in [-0.39, 0.29) is 61.8 Å². The van der Waals surface area contributed by atoms with Crippen LogP contribution in [0.15, 0.2) is 0 Å². The maximum Gasteiger partial charge on any atom is 0.305 e. The molecule has 768 valence electrons. The van der Waals surface area contributed by atoms with E-state index in [1.165, 1.54) is 0 Å². The molecule has 10 N–H and O–H groups in total. The summed E-state index contributed by atoms with van der Waals surface area (Å²) in [5, 5.41) is 45.9. The van der Waals surface area contributed by atoms with Crippen LogP contribution in [0.5, 0.6) is 0 Å². The first kappa shape index (κ1) is 131. The minimum absolute atomic E-state index is 0.00969. The first-order valence-corrected chi connectivity index (χ1v) is 48.8. The fourth-order valence-corrected chi connectivity index (χ4v) is 10.3. The molecule has 0 amide bonds. The van der Waals surface area contributed by atoms with E-state index in [1.54, 1.807) is 0 Å². The lowest BCUT2D eigenvalue weighted by Gasteiger charge is -2.20. The average molecular weight is 1850 g/mol. The first-order valence-electron chi connectivity index (χ1n) is 48.8. The molecule has 2 atom stereocenters. The zero-order valence-corrected chi connectivity index (χ0v) is 86.6. The Morgan fingerprint density at radius 1 is 0.203 bits per heavy atom. The summed E-state index contributed by atoms with van der Waals surface area (Å²) in [6.07, 6.45) is 12.0. The Hall–Kier alpha value is -3.00. The Morgan fingerprint density at radius 3 is 0.711 bits per heavy atom. The van der Waals surface area contributed by atoms with Gasteiger partial charge >= 0.3 is 23.9 Å². The molecular formula is C98H204N8O22. The Balaban J connectivity index is -0.000000805. The van der Waals surface area contributed by atoms with Crippen LogP contribution in [0.4, 0.5) is 0 Å². The van der Waals surface area contributed by atoms with Gasteiger partial charge in [0.15, 0.2) is 0 Å². The van der Waals surface area contributed by atoms with Gasteiger partial charge in [-0.05, 0) is 160 Å². The van der Waals surface area contributed by atoms with Crippen molar-refractivity contribution in [1.29, 1.82) is 0 Å². The van der Waals surface area contributed by atoms with Crippen molar-refractivity contribution in [1.82, 2.24) is 42.5 Å². The lowest BCUT2D eigenvalue weighted by atomic mass is 9.91. The molecule has 0 fully saturated rings.